The van der Waals surface area contributed by atoms with Crippen molar-refractivity contribution in [1.29, 1.82) is 0 Å². The zero-order valence-electron chi connectivity index (χ0n) is 10.5. The summed E-state index contributed by atoms with van der Waals surface area (Å²) in [5.41, 5.74) is 0. The fourth-order valence-electron chi connectivity index (χ4n) is 1.77. The predicted molar refractivity (Wildman–Crippen MR) is 71.4 cm³/mol. The van der Waals surface area contributed by atoms with Crippen LogP contribution in [0.1, 0.15) is 17.7 Å². The van der Waals surface area contributed by atoms with E-state index in [-0.39, 0.29) is 16.2 Å². The molecule has 2 rings (SSSR count). The van der Waals surface area contributed by atoms with Gasteiger partial charge >= 0.3 is 0 Å². The van der Waals surface area contributed by atoms with Crippen LogP contribution in [0.25, 0.3) is 0 Å². The number of rotatable bonds is 5. The van der Waals surface area contributed by atoms with Crippen LogP contribution in [-0.2, 0) is 26.1 Å². The van der Waals surface area contributed by atoms with Crippen LogP contribution in [0.3, 0.4) is 0 Å². The molecule has 0 saturated carbocycles. The van der Waals surface area contributed by atoms with Crippen molar-refractivity contribution in [1.82, 2.24) is 10.0 Å². The van der Waals surface area contributed by atoms with E-state index < -0.39 is 10.0 Å². The summed E-state index contributed by atoms with van der Waals surface area (Å²) in [6.07, 6.45) is 1.29. The number of hydrogen-bond acceptors (Lipinski definition) is 5. The van der Waals surface area contributed by atoms with Gasteiger partial charge in [-0.3, -0.25) is 4.79 Å². The largest absolute Gasteiger partial charge is 0.368 e. The minimum Gasteiger partial charge on any atom is -0.368 e. The van der Waals surface area contributed by atoms with Crippen LogP contribution in [-0.4, -0.2) is 34.1 Å². The van der Waals surface area contributed by atoms with Crippen molar-refractivity contribution in [2.75, 3.05) is 13.7 Å². The third-order valence-electron chi connectivity index (χ3n) is 2.83. The summed E-state index contributed by atoms with van der Waals surface area (Å²) in [5.74, 6) is -0.135. The van der Waals surface area contributed by atoms with E-state index in [0.29, 0.717) is 13.2 Å². The quantitative estimate of drug-likeness (QED) is 0.827. The molecule has 1 aliphatic heterocycles. The first-order valence-corrected chi connectivity index (χ1v) is 8.24. The van der Waals surface area contributed by atoms with Gasteiger partial charge in [-0.25, -0.2) is 13.1 Å². The number of sulfonamides is 1. The van der Waals surface area contributed by atoms with Crippen LogP contribution in [0.15, 0.2) is 16.3 Å². The standard InChI is InChI=1S/C11H16N2O4S2/c1-12-19(15,16)10-5-4-8(18-10)7-13-11(14)9-3-2-6-17-9/h4-5,9,12H,2-3,6-7H2,1H3,(H,13,14). The van der Waals surface area contributed by atoms with Gasteiger partial charge in [0.25, 0.3) is 0 Å². The number of nitrogens with one attached hydrogen (secondary N) is 2. The summed E-state index contributed by atoms with van der Waals surface area (Å²) < 4.78 is 30.9. The average molecular weight is 304 g/mol. The normalized spacial score (nSPS) is 19.5. The van der Waals surface area contributed by atoms with Gasteiger partial charge in [-0.15, -0.1) is 11.3 Å². The molecule has 0 radical (unpaired) electrons. The molecular weight excluding hydrogens is 288 g/mol. The van der Waals surface area contributed by atoms with Crippen molar-refractivity contribution in [2.24, 2.45) is 0 Å². The number of carbonyl (C=O) groups is 1. The van der Waals surface area contributed by atoms with Crippen LogP contribution < -0.4 is 10.0 Å². The van der Waals surface area contributed by atoms with Crippen LogP contribution in [0.4, 0.5) is 0 Å². The summed E-state index contributed by atoms with van der Waals surface area (Å²) in [6, 6.07) is 3.23. The molecule has 2 heterocycles. The minimum atomic E-state index is -3.40. The Bertz CT molecular complexity index is 547. The molecule has 8 heteroatoms. The van der Waals surface area contributed by atoms with Crippen LogP contribution in [0.5, 0.6) is 0 Å². The van der Waals surface area contributed by atoms with Gasteiger partial charge in [0.05, 0.1) is 6.54 Å². The Balaban J connectivity index is 1.92. The molecule has 0 aliphatic carbocycles. The molecule has 19 heavy (non-hydrogen) atoms. The van der Waals surface area contributed by atoms with E-state index in [1.807, 2.05) is 0 Å². The minimum absolute atomic E-state index is 0.135. The van der Waals surface area contributed by atoms with E-state index in [0.717, 1.165) is 29.1 Å². The Morgan fingerprint density at radius 2 is 2.32 bits per heavy atom. The van der Waals surface area contributed by atoms with Crippen molar-refractivity contribution in [3.63, 3.8) is 0 Å². The number of ether oxygens (including phenoxy) is 1. The SMILES string of the molecule is CNS(=O)(=O)c1ccc(CNC(=O)C2CCCO2)s1. The summed E-state index contributed by atoms with van der Waals surface area (Å²) in [7, 11) is -2.03. The second kappa shape index (κ2) is 6.00. The molecule has 1 aromatic heterocycles. The van der Waals surface area contributed by atoms with Gasteiger partial charge < -0.3 is 10.1 Å². The van der Waals surface area contributed by atoms with Crippen molar-refractivity contribution in [3.05, 3.63) is 17.0 Å². The smallest absolute Gasteiger partial charge is 0.249 e. The Kier molecular flexibility index (Phi) is 4.56. The first-order valence-electron chi connectivity index (χ1n) is 5.94. The molecular formula is C11H16N2O4S2. The predicted octanol–water partition coefficient (Wildman–Crippen LogP) is 0.451. The van der Waals surface area contributed by atoms with Crippen molar-refractivity contribution in [2.45, 2.75) is 29.7 Å². The second-order valence-corrected chi connectivity index (χ2v) is 7.43. The van der Waals surface area contributed by atoms with Gasteiger partial charge in [-0.1, -0.05) is 0 Å². The highest BCUT2D eigenvalue weighted by atomic mass is 32.2. The van der Waals surface area contributed by atoms with Crippen LogP contribution in [0.2, 0.25) is 0 Å². The molecule has 1 unspecified atom stereocenters. The third-order valence-corrected chi connectivity index (χ3v) is 5.82. The van der Waals surface area contributed by atoms with Gasteiger partial charge in [0.2, 0.25) is 15.9 Å². The summed E-state index contributed by atoms with van der Waals surface area (Å²) in [4.78, 5) is 12.5. The Hall–Kier alpha value is -0.960. The van der Waals surface area contributed by atoms with E-state index >= 15 is 0 Å². The van der Waals surface area contributed by atoms with E-state index in [9.17, 15) is 13.2 Å². The van der Waals surface area contributed by atoms with Crippen LogP contribution in [0, 0.1) is 0 Å². The highest BCUT2D eigenvalue weighted by Gasteiger charge is 2.23. The lowest BCUT2D eigenvalue weighted by atomic mass is 10.2. The number of thiophene rings is 1. The zero-order chi connectivity index (χ0) is 13.9. The monoisotopic (exact) mass is 304 g/mol. The molecule has 0 aromatic carbocycles. The van der Waals surface area contributed by atoms with E-state index in [1.165, 1.54) is 13.1 Å². The lowest BCUT2D eigenvalue weighted by molar-refractivity contribution is -0.130. The Morgan fingerprint density at radius 3 is 2.95 bits per heavy atom. The van der Waals surface area contributed by atoms with E-state index in [4.69, 9.17) is 4.74 Å². The molecule has 1 amide bonds. The maximum Gasteiger partial charge on any atom is 0.249 e. The fraction of sp³-hybridized carbons (Fsp3) is 0.545. The van der Waals surface area contributed by atoms with Gasteiger partial charge in [0.15, 0.2) is 0 Å². The summed E-state index contributed by atoms with van der Waals surface area (Å²) >= 11 is 1.14. The molecule has 0 bridgehead atoms. The molecule has 1 saturated heterocycles. The molecule has 106 valence electrons. The van der Waals surface area contributed by atoms with Gasteiger partial charge in [0.1, 0.15) is 10.3 Å². The van der Waals surface area contributed by atoms with Crippen molar-refractivity contribution in [3.8, 4) is 0 Å². The van der Waals surface area contributed by atoms with Gasteiger partial charge in [0, 0.05) is 11.5 Å². The lowest BCUT2D eigenvalue weighted by Crippen LogP contribution is -2.33. The first-order chi connectivity index (χ1) is 9.03. The van der Waals surface area contributed by atoms with E-state index in [1.54, 1.807) is 6.07 Å². The molecule has 1 atom stereocenters. The molecule has 1 aromatic rings. The van der Waals surface area contributed by atoms with Gasteiger partial charge in [-0.2, -0.15) is 0 Å². The second-order valence-electron chi connectivity index (χ2n) is 4.15. The van der Waals surface area contributed by atoms with Crippen molar-refractivity contribution < 1.29 is 17.9 Å². The molecule has 2 N–H and O–H groups in total. The lowest BCUT2D eigenvalue weighted by Gasteiger charge is -2.09. The maximum absolute atomic E-state index is 11.7. The van der Waals surface area contributed by atoms with Crippen molar-refractivity contribution >= 4 is 27.3 Å². The Morgan fingerprint density at radius 1 is 1.53 bits per heavy atom. The molecule has 6 nitrogen and oxygen atoms in total. The summed E-state index contributed by atoms with van der Waals surface area (Å²) in [6.45, 7) is 0.949. The molecule has 0 spiro atoms. The molecule has 1 aliphatic rings. The maximum atomic E-state index is 11.7. The zero-order valence-corrected chi connectivity index (χ0v) is 12.1. The third kappa shape index (κ3) is 3.53. The number of hydrogen-bond donors (Lipinski definition) is 2. The highest BCUT2D eigenvalue weighted by Crippen LogP contribution is 2.21. The number of carbonyl (C=O) groups excluding carboxylic acids is 1. The summed E-state index contributed by atoms with van der Waals surface area (Å²) in [5, 5.41) is 2.75. The fourth-order valence-corrected chi connectivity index (χ4v) is 3.90. The number of amides is 1. The van der Waals surface area contributed by atoms with Gasteiger partial charge in [-0.05, 0) is 32.0 Å². The Labute approximate surface area is 116 Å². The van der Waals surface area contributed by atoms with E-state index in [2.05, 4.69) is 10.0 Å². The molecule has 1 fully saturated rings. The highest BCUT2D eigenvalue weighted by molar-refractivity contribution is 7.91. The average Bonchev–Trinajstić information content (AvgIpc) is 3.07. The van der Waals surface area contributed by atoms with Crippen LogP contribution >= 0.6 is 11.3 Å². The first kappa shape index (κ1) is 14.4. The topological polar surface area (TPSA) is 84.5 Å².